The third kappa shape index (κ3) is 5.56. The van der Waals surface area contributed by atoms with Crippen molar-refractivity contribution in [3.8, 4) is 0 Å². The van der Waals surface area contributed by atoms with Gasteiger partial charge in [0, 0.05) is 32.7 Å². The van der Waals surface area contributed by atoms with E-state index < -0.39 is 0 Å². The van der Waals surface area contributed by atoms with Crippen molar-refractivity contribution < 1.29 is 9.26 Å². The summed E-state index contributed by atoms with van der Waals surface area (Å²) in [6, 6.07) is 12.8. The first-order valence-corrected chi connectivity index (χ1v) is 9.94. The molecule has 1 fully saturated rings. The Morgan fingerprint density at radius 3 is 2.57 bits per heavy atom. The summed E-state index contributed by atoms with van der Waals surface area (Å²) in [5.41, 5.74) is 2.26. The minimum Gasteiger partial charge on any atom is -0.379 e. The van der Waals surface area contributed by atoms with E-state index in [-0.39, 0.29) is 6.04 Å². The number of rotatable bonds is 7. The van der Waals surface area contributed by atoms with Crippen molar-refractivity contribution in [3.63, 3.8) is 0 Å². The van der Waals surface area contributed by atoms with Crippen LogP contribution in [-0.4, -0.2) is 55.9 Å². The van der Waals surface area contributed by atoms with Crippen molar-refractivity contribution in [1.29, 1.82) is 0 Å². The number of nitrogens with zero attached hydrogens (tertiary/aromatic N) is 3. The van der Waals surface area contributed by atoms with Crippen LogP contribution >= 0.6 is 0 Å². The Hall–Kier alpha value is -2.38. The molecule has 2 heterocycles. The number of hydrogen-bond acceptors (Lipinski definition) is 5. The number of benzene rings is 1. The molecule has 0 spiro atoms. The van der Waals surface area contributed by atoms with Crippen LogP contribution in [0.25, 0.3) is 0 Å². The van der Waals surface area contributed by atoms with Crippen molar-refractivity contribution in [1.82, 2.24) is 20.7 Å². The van der Waals surface area contributed by atoms with Gasteiger partial charge in [0.2, 0.25) is 0 Å². The summed E-state index contributed by atoms with van der Waals surface area (Å²) in [5.74, 6) is 1.91. The maximum atomic E-state index is 5.52. The van der Waals surface area contributed by atoms with E-state index in [4.69, 9.17) is 9.26 Å². The first kappa shape index (κ1) is 20.4. The monoisotopic (exact) mass is 385 g/mol. The molecule has 0 aliphatic carbocycles. The van der Waals surface area contributed by atoms with E-state index in [1.165, 1.54) is 5.56 Å². The van der Waals surface area contributed by atoms with E-state index in [0.29, 0.717) is 12.5 Å². The Labute approximate surface area is 167 Å². The summed E-state index contributed by atoms with van der Waals surface area (Å²) >= 11 is 0. The van der Waals surface area contributed by atoms with E-state index in [0.717, 1.165) is 50.3 Å². The van der Waals surface area contributed by atoms with Gasteiger partial charge in [0.1, 0.15) is 0 Å². The third-order valence-electron chi connectivity index (χ3n) is 4.96. The number of guanidine groups is 1. The van der Waals surface area contributed by atoms with E-state index in [2.05, 4.69) is 69.9 Å². The average Bonchev–Trinajstić information content (AvgIpc) is 3.21. The highest BCUT2D eigenvalue weighted by atomic mass is 16.5. The second kappa shape index (κ2) is 10.2. The van der Waals surface area contributed by atoms with Crippen molar-refractivity contribution in [2.75, 3.05) is 39.9 Å². The zero-order valence-electron chi connectivity index (χ0n) is 17.0. The van der Waals surface area contributed by atoms with E-state index in [1.807, 2.05) is 6.07 Å². The third-order valence-corrected chi connectivity index (χ3v) is 4.96. The van der Waals surface area contributed by atoms with Gasteiger partial charge in [-0.2, -0.15) is 0 Å². The summed E-state index contributed by atoms with van der Waals surface area (Å²) in [6.45, 7) is 8.94. The van der Waals surface area contributed by atoms with Crippen molar-refractivity contribution in [2.24, 2.45) is 4.99 Å². The van der Waals surface area contributed by atoms with Gasteiger partial charge in [0.05, 0.1) is 31.5 Å². The summed E-state index contributed by atoms with van der Waals surface area (Å²) in [4.78, 5) is 6.81. The molecule has 28 heavy (non-hydrogen) atoms. The molecule has 7 heteroatoms. The van der Waals surface area contributed by atoms with Gasteiger partial charge in [-0.25, -0.2) is 0 Å². The van der Waals surface area contributed by atoms with Crippen molar-refractivity contribution in [3.05, 3.63) is 53.4 Å². The van der Waals surface area contributed by atoms with E-state index in [1.54, 1.807) is 7.05 Å². The zero-order chi connectivity index (χ0) is 19.8. The molecule has 0 bridgehead atoms. The highest BCUT2D eigenvalue weighted by Gasteiger charge is 2.22. The Morgan fingerprint density at radius 1 is 1.18 bits per heavy atom. The molecule has 1 aliphatic heterocycles. The number of hydrogen-bond donors (Lipinski definition) is 2. The number of ether oxygens (including phenoxy) is 1. The fourth-order valence-electron chi connectivity index (χ4n) is 3.29. The van der Waals surface area contributed by atoms with Gasteiger partial charge < -0.3 is 19.9 Å². The van der Waals surface area contributed by atoms with Gasteiger partial charge >= 0.3 is 0 Å². The number of aliphatic imine (C=N–C) groups is 1. The lowest BCUT2D eigenvalue weighted by Gasteiger charge is -2.35. The molecular formula is C21H31N5O2. The molecule has 0 saturated carbocycles. The topological polar surface area (TPSA) is 74.9 Å². The molecule has 7 nitrogen and oxygen atoms in total. The molecule has 1 aromatic carbocycles. The molecule has 0 radical (unpaired) electrons. The Bertz CT molecular complexity index is 738. The van der Waals surface area contributed by atoms with Gasteiger partial charge in [-0.3, -0.25) is 9.89 Å². The van der Waals surface area contributed by atoms with Crippen LogP contribution in [0.4, 0.5) is 0 Å². The van der Waals surface area contributed by atoms with E-state index in [9.17, 15) is 0 Å². The summed E-state index contributed by atoms with van der Waals surface area (Å²) in [6.07, 6.45) is 0. The van der Waals surface area contributed by atoms with Crippen LogP contribution in [-0.2, 0) is 11.3 Å². The lowest BCUT2D eigenvalue weighted by Crippen LogP contribution is -2.46. The Morgan fingerprint density at radius 2 is 1.93 bits per heavy atom. The summed E-state index contributed by atoms with van der Waals surface area (Å²) in [5, 5.41) is 10.9. The van der Waals surface area contributed by atoms with Crippen LogP contribution < -0.4 is 10.6 Å². The van der Waals surface area contributed by atoms with Crippen molar-refractivity contribution >= 4 is 5.96 Å². The molecule has 1 atom stereocenters. The van der Waals surface area contributed by atoms with Gasteiger partial charge in [-0.15, -0.1) is 0 Å². The fraction of sp³-hybridized carbons (Fsp3) is 0.524. The minimum absolute atomic E-state index is 0.265. The van der Waals surface area contributed by atoms with Crippen LogP contribution in [0, 0.1) is 0 Å². The lowest BCUT2D eigenvalue weighted by molar-refractivity contribution is 0.0170. The predicted octanol–water partition coefficient (Wildman–Crippen LogP) is 2.54. The Kier molecular flexibility index (Phi) is 7.45. The first-order chi connectivity index (χ1) is 13.7. The largest absolute Gasteiger partial charge is 0.379 e. The van der Waals surface area contributed by atoms with Gasteiger partial charge in [0.25, 0.3) is 0 Å². The maximum absolute atomic E-state index is 5.52. The molecule has 3 rings (SSSR count). The smallest absolute Gasteiger partial charge is 0.191 e. The molecule has 2 N–H and O–H groups in total. The minimum atomic E-state index is 0.265. The predicted molar refractivity (Wildman–Crippen MR) is 110 cm³/mol. The first-order valence-electron chi connectivity index (χ1n) is 9.94. The van der Waals surface area contributed by atoms with E-state index >= 15 is 0 Å². The normalized spacial score (nSPS) is 16.9. The molecule has 152 valence electrons. The maximum Gasteiger partial charge on any atom is 0.191 e. The molecule has 0 amide bonds. The molecule has 1 saturated heterocycles. The molecule has 1 aliphatic rings. The second-order valence-electron chi connectivity index (χ2n) is 7.25. The second-order valence-corrected chi connectivity index (χ2v) is 7.25. The van der Waals surface area contributed by atoms with Gasteiger partial charge in [-0.05, 0) is 11.5 Å². The standard InChI is InChI=1S/C21H31N5O2/c1-16(2)19-13-18(28-25-19)14-23-21(22-3)24-15-20(17-7-5-4-6-8-17)26-9-11-27-12-10-26/h4-8,13,16,20H,9-12,14-15H2,1-3H3,(H2,22,23,24). The van der Waals surface area contributed by atoms with Crippen LogP contribution in [0.15, 0.2) is 45.9 Å². The van der Waals surface area contributed by atoms with Crippen LogP contribution in [0.2, 0.25) is 0 Å². The number of nitrogens with one attached hydrogen (secondary N) is 2. The number of aromatic nitrogens is 1. The fourth-order valence-corrected chi connectivity index (χ4v) is 3.29. The molecule has 1 unspecified atom stereocenters. The van der Waals surface area contributed by atoms with Crippen LogP contribution in [0.5, 0.6) is 0 Å². The Balaban J connectivity index is 1.58. The quantitative estimate of drug-likeness (QED) is 0.564. The highest BCUT2D eigenvalue weighted by Crippen LogP contribution is 2.21. The van der Waals surface area contributed by atoms with Crippen molar-refractivity contribution in [2.45, 2.75) is 32.4 Å². The highest BCUT2D eigenvalue weighted by molar-refractivity contribution is 5.79. The molecule has 2 aromatic rings. The van der Waals surface area contributed by atoms with Crippen LogP contribution in [0.1, 0.15) is 42.8 Å². The van der Waals surface area contributed by atoms with Gasteiger partial charge in [0.15, 0.2) is 11.7 Å². The summed E-state index contributed by atoms with van der Waals surface area (Å²) in [7, 11) is 1.78. The molecule has 1 aromatic heterocycles. The zero-order valence-corrected chi connectivity index (χ0v) is 17.0. The summed E-state index contributed by atoms with van der Waals surface area (Å²) < 4.78 is 10.9. The lowest BCUT2D eigenvalue weighted by atomic mass is 10.0. The number of morpholine rings is 1. The van der Waals surface area contributed by atoms with Crippen LogP contribution in [0.3, 0.4) is 0 Å². The SMILES string of the molecule is CN=C(NCc1cc(C(C)C)no1)NCC(c1ccccc1)N1CCOCC1. The molecular weight excluding hydrogens is 354 g/mol. The average molecular weight is 386 g/mol. The van der Waals surface area contributed by atoms with Gasteiger partial charge in [-0.1, -0.05) is 49.3 Å².